The number of hydrogen-bond acceptors (Lipinski definition) is 2. The Morgan fingerprint density at radius 2 is 2.05 bits per heavy atom. The number of anilines is 1. The van der Waals surface area contributed by atoms with Gasteiger partial charge in [0.1, 0.15) is 5.75 Å². The van der Waals surface area contributed by atoms with Crippen LogP contribution in [0.3, 0.4) is 0 Å². The molecule has 1 heterocycles. The van der Waals surface area contributed by atoms with Crippen molar-refractivity contribution in [2.75, 3.05) is 11.9 Å². The van der Waals surface area contributed by atoms with Gasteiger partial charge in [0.2, 0.25) is 0 Å². The average molecular weight is 280 g/mol. The summed E-state index contributed by atoms with van der Waals surface area (Å²) in [5.74, 6) is 0.919. The number of hydrogen-bond donors (Lipinski definition) is 2. The van der Waals surface area contributed by atoms with Crippen molar-refractivity contribution in [1.82, 2.24) is 4.98 Å². The lowest BCUT2D eigenvalue weighted by molar-refractivity contribution is 0.317. The fourth-order valence-electron chi connectivity index (χ4n) is 2.33. The first kappa shape index (κ1) is 13.6. The van der Waals surface area contributed by atoms with E-state index in [1.165, 1.54) is 16.5 Å². The zero-order chi connectivity index (χ0) is 14.5. The molecule has 0 fully saturated rings. The number of rotatable bonds is 6. The van der Waals surface area contributed by atoms with E-state index in [2.05, 4.69) is 47.6 Å². The zero-order valence-electron chi connectivity index (χ0n) is 12.2. The normalized spacial score (nSPS) is 10.7. The molecule has 3 rings (SSSR count). The maximum absolute atomic E-state index is 5.65. The molecule has 0 aliphatic carbocycles. The van der Waals surface area contributed by atoms with Gasteiger partial charge in [-0.15, -0.1) is 0 Å². The second kappa shape index (κ2) is 6.35. The van der Waals surface area contributed by atoms with Crippen molar-refractivity contribution in [1.29, 1.82) is 0 Å². The van der Waals surface area contributed by atoms with E-state index < -0.39 is 0 Å². The number of aromatic nitrogens is 1. The number of fused-ring (bicyclic) bond motifs is 1. The van der Waals surface area contributed by atoms with Crippen molar-refractivity contribution in [2.45, 2.75) is 19.9 Å². The number of benzene rings is 2. The van der Waals surface area contributed by atoms with E-state index in [1.54, 1.807) is 0 Å². The van der Waals surface area contributed by atoms with Crippen LogP contribution < -0.4 is 10.1 Å². The average Bonchev–Trinajstić information content (AvgIpc) is 2.99. The Balaban J connectivity index is 1.66. The maximum Gasteiger partial charge on any atom is 0.121 e. The highest BCUT2D eigenvalue weighted by Crippen LogP contribution is 2.19. The monoisotopic (exact) mass is 280 g/mol. The smallest absolute Gasteiger partial charge is 0.121 e. The third kappa shape index (κ3) is 3.37. The number of ether oxygens (including phenoxy) is 1. The summed E-state index contributed by atoms with van der Waals surface area (Å²) in [5, 5.41) is 4.69. The molecule has 3 nitrogen and oxygen atoms in total. The predicted octanol–water partition coefficient (Wildman–Crippen LogP) is 4.57. The van der Waals surface area contributed by atoms with Crippen molar-refractivity contribution in [3.63, 3.8) is 0 Å². The van der Waals surface area contributed by atoms with E-state index in [9.17, 15) is 0 Å². The molecule has 0 aliphatic heterocycles. The van der Waals surface area contributed by atoms with Gasteiger partial charge in [-0.2, -0.15) is 0 Å². The molecule has 0 atom stereocenters. The molecule has 0 unspecified atom stereocenters. The molecule has 2 N–H and O–H groups in total. The first-order valence-corrected chi connectivity index (χ1v) is 7.38. The van der Waals surface area contributed by atoms with E-state index in [4.69, 9.17) is 4.74 Å². The van der Waals surface area contributed by atoms with Crippen LogP contribution in [0.25, 0.3) is 10.9 Å². The molecule has 0 aliphatic rings. The van der Waals surface area contributed by atoms with Gasteiger partial charge in [0, 0.05) is 30.0 Å². The molecule has 0 spiro atoms. The maximum atomic E-state index is 5.65. The highest BCUT2D eigenvalue weighted by atomic mass is 16.5. The topological polar surface area (TPSA) is 37.0 Å². The predicted molar refractivity (Wildman–Crippen MR) is 87.9 cm³/mol. The van der Waals surface area contributed by atoms with E-state index in [1.807, 2.05) is 24.4 Å². The minimum atomic E-state index is 0.758. The molecule has 0 saturated carbocycles. The summed E-state index contributed by atoms with van der Waals surface area (Å²) in [5.41, 5.74) is 3.52. The standard InChI is InChI=1S/C18H20N2O/c1-2-10-21-17-5-3-4-16(12-17)20-13-14-6-7-18-15(11-14)8-9-19-18/h3-9,11-12,19-20H,2,10,13H2,1H3. The molecule has 0 saturated heterocycles. The second-order valence-electron chi connectivity index (χ2n) is 5.13. The Morgan fingerprint density at radius 3 is 2.95 bits per heavy atom. The summed E-state index contributed by atoms with van der Waals surface area (Å²) in [7, 11) is 0. The Hall–Kier alpha value is -2.42. The van der Waals surface area contributed by atoms with Crippen molar-refractivity contribution in [3.05, 3.63) is 60.3 Å². The van der Waals surface area contributed by atoms with Crippen LogP contribution in [0.1, 0.15) is 18.9 Å². The highest BCUT2D eigenvalue weighted by Gasteiger charge is 1.99. The SMILES string of the molecule is CCCOc1cccc(NCc2ccc3[nH]ccc3c2)c1. The van der Waals surface area contributed by atoms with Crippen molar-refractivity contribution in [2.24, 2.45) is 0 Å². The van der Waals surface area contributed by atoms with Crippen molar-refractivity contribution in [3.8, 4) is 5.75 Å². The third-order valence-electron chi connectivity index (χ3n) is 3.42. The van der Waals surface area contributed by atoms with Crippen LogP contribution in [0.15, 0.2) is 54.7 Å². The van der Waals surface area contributed by atoms with Crippen molar-refractivity contribution >= 4 is 16.6 Å². The van der Waals surface area contributed by atoms with Gasteiger partial charge in [-0.1, -0.05) is 19.1 Å². The molecule has 2 aromatic carbocycles. The first-order chi connectivity index (χ1) is 10.3. The number of nitrogens with one attached hydrogen (secondary N) is 2. The van der Waals surface area contributed by atoms with Gasteiger partial charge in [0.05, 0.1) is 6.61 Å². The van der Waals surface area contributed by atoms with Gasteiger partial charge in [-0.25, -0.2) is 0 Å². The zero-order valence-corrected chi connectivity index (χ0v) is 12.2. The van der Waals surface area contributed by atoms with E-state index in [0.29, 0.717) is 0 Å². The first-order valence-electron chi connectivity index (χ1n) is 7.38. The lowest BCUT2D eigenvalue weighted by Gasteiger charge is -2.09. The molecule has 108 valence electrons. The van der Waals surface area contributed by atoms with Crippen LogP contribution >= 0.6 is 0 Å². The lowest BCUT2D eigenvalue weighted by Crippen LogP contribution is -2.00. The lowest BCUT2D eigenvalue weighted by atomic mass is 10.1. The number of aromatic amines is 1. The molecular formula is C18H20N2O. The second-order valence-corrected chi connectivity index (χ2v) is 5.13. The molecule has 0 radical (unpaired) electrons. The molecule has 0 bridgehead atoms. The molecule has 21 heavy (non-hydrogen) atoms. The van der Waals surface area contributed by atoms with E-state index >= 15 is 0 Å². The van der Waals surface area contributed by atoms with Gasteiger partial charge in [-0.05, 0) is 47.7 Å². The van der Waals surface area contributed by atoms with Crippen molar-refractivity contribution < 1.29 is 4.74 Å². The molecule has 3 heteroatoms. The van der Waals surface area contributed by atoms with Crippen LogP contribution in [0.2, 0.25) is 0 Å². The minimum Gasteiger partial charge on any atom is -0.494 e. The molecule has 1 aromatic heterocycles. The summed E-state index contributed by atoms with van der Waals surface area (Å²) < 4.78 is 5.65. The van der Waals surface area contributed by atoms with E-state index in [0.717, 1.165) is 31.0 Å². The Morgan fingerprint density at radius 1 is 1.10 bits per heavy atom. The summed E-state index contributed by atoms with van der Waals surface area (Å²) in [4.78, 5) is 3.21. The minimum absolute atomic E-state index is 0.758. The fourth-order valence-corrected chi connectivity index (χ4v) is 2.33. The Kier molecular flexibility index (Phi) is 4.10. The Labute approximate surface area is 125 Å². The van der Waals surface area contributed by atoms with Gasteiger partial charge < -0.3 is 15.0 Å². The summed E-state index contributed by atoms with van der Waals surface area (Å²) in [6.45, 7) is 3.67. The van der Waals surface area contributed by atoms with Crippen LogP contribution in [0.5, 0.6) is 5.75 Å². The van der Waals surface area contributed by atoms with Crippen LogP contribution in [-0.2, 0) is 6.54 Å². The molecule has 3 aromatic rings. The molecular weight excluding hydrogens is 260 g/mol. The summed E-state index contributed by atoms with van der Waals surface area (Å²) in [6, 6.07) is 16.7. The van der Waals surface area contributed by atoms with Gasteiger partial charge >= 0.3 is 0 Å². The summed E-state index contributed by atoms with van der Waals surface area (Å²) in [6.07, 6.45) is 2.99. The quantitative estimate of drug-likeness (QED) is 0.694. The Bertz CT molecular complexity index is 718. The molecule has 0 amide bonds. The third-order valence-corrected chi connectivity index (χ3v) is 3.42. The van der Waals surface area contributed by atoms with Gasteiger partial charge in [0.25, 0.3) is 0 Å². The van der Waals surface area contributed by atoms with E-state index in [-0.39, 0.29) is 0 Å². The fraction of sp³-hybridized carbons (Fsp3) is 0.222. The van der Waals surface area contributed by atoms with Crippen LogP contribution in [0, 0.1) is 0 Å². The van der Waals surface area contributed by atoms with Gasteiger partial charge in [-0.3, -0.25) is 0 Å². The van der Waals surface area contributed by atoms with Crippen LogP contribution in [-0.4, -0.2) is 11.6 Å². The van der Waals surface area contributed by atoms with Gasteiger partial charge in [0.15, 0.2) is 0 Å². The largest absolute Gasteiger partial charge is 0.494 e. The van der Waals surface area contributed by atoms with Crippen LogP contribution in [0.4, 0.5) is 5.69 Å². The summed E-state index contributed by atoms with van der Waals surface area (Å²) >= 11 is 0. The number of H-pyrrole nitrogens is 1. The highest BCUT2D eigenvalue weighted by molar-refractivity contribution is 5.79.